The Morgan fingerprint density at radius 3 is 2.48 bits per heavy atom. The number of imide groups is 1. The van der Waals surface area contributed by atoms with E-state index >= 15 is 0 Å². The molecule has 1 aliphatic carbocycles. The first kappa shape index (κ1) is 15.8. The Kier molecular flexibility index (Phi) is 5.55. The summed E-state index contributed by atoms with van der Waals surface area (Å²) < 4.78 is 0. The van der Waals surface area contributed by atoms with Crippen molar-refractivity contribution >= 4 is 17.9 Å². The number of nitrogens with zero attached hydrogens (tertiary/aromatic N) is 1. The molecular formula is C14H23N3O4. The normalized spacial score (nSPS) is 23.1. The van der Waals surface area contributed by atoms with Crippen molar-refractivity contribution in [1.82, 2.24) is 15.5 Å². The smallest absolute Gasteiger partial charge is 0.321 e. The van der Waals surface area contributed by atoms with Gasteiger partial charge in [0.15, 0.2) is 0 Å². The summed E-state index contributed by atoms with van der Waals surface area (Å²) in [4.78, 5) is 36.1. The first-order chi connectivity index (χ1) is 10.0. The molecule has 0 aromatic heterocycles. The fraction of sp³-hybridized carbons (Fsp3) is 0.786. The number of carboxylic acid groups (broad SMARTS) is 1. The Hall–Kier alpha value is -1.63. The van der Waals surface area contributed by atoms with Crippen LogP contribution in [0.15, 0.2) is 0 Å². The van der Waals surface area contributed by atoms with Gasteiger partial charge in [0.2, 0.25) is 5.91 Å². The molecule has 7 heteroatoms. The van der Waals surface area contributed by atoms with Gasteiger partial charge in [0.25, 0.3) is 0 Å². The third kappa shape index (κ3) is 5.00. The van der Waals surface area contributed by atoms with E-state index in [9.17, 15) is 14.4 Å². The fourth-order valence-corrected chi connectivity index (χ4v) is 3.18. The zero-order chi connectivity index (χ0) is 15.2. The van der Waals surface area contributed by atoms with E-state index in [2.05, 4.69) is 10.6 Å². The maximum Gasteiger partial charge on any atom is 0.321 e. The van der Waals surface area contributed by atoms with Crippen molar-refractivity contribution in [2.24, 2.45) is 0 Å². The SMILES string of the molecule is O=C(O)CC1CCCN1CC(=O)NC(=O)NC1CCCC1. The van der Waals surface area contributed by atoms with E-state index in [0.717, 1.165) is 38.5 Å². The number of hydrogen-bond donors (Lipinski definition) is 3. The monoisotopic (exact) mass is 297 g/mol. The van der Waals surface area contributed by atoms with Gasteiger partial charge in [-0.05, 0) is 32.2 Å². The van der Waals surface area contributed by atoms with Crippen LogP contribution in [0, 0.1) is 0 Å². The van der Waals surface area contributed by atoms with E-state index in [-0.39, 0.29) is 31.0 Å². The van der Waals surface area contributed by atoms with E-state index in [4.69, 9.17) is 5.11 Å². The summed E-state index contributed by atoms with van der Waals surface area (Å²) in [6.45, 7) is 0.783. The van der Waals surface area contributed by atoms with Crippen molar-refractivity contribution in [2.45, 2.75) is 57.0 Å². The Morgan fingerprint density at radius 1 is 1.10 bits per heavy atom. The van der Waals surface area contributed by atoms with Crippen LogP contribution in [0.5, 0.6) is 0 Å². The zero-order valence-corrected chi connectivity index (χ0v) is 12.1. The van der Waals surface area contributed by atoms with Crippen molar-refractivity contribution in [3.8, 4) is 0 Å². The van der Waals surface area contributed by atoms with Crippen LogP contribution < -0.4 is 10.6 Å². The van der Waals surface area contributed by atoms with Gasteiger partial charge in [0, 0.05) is 12.1 Å². The molecule has 0 radical (unpaired) electrons. The number of urea groups is 1. The maximum atomic E-state index is 11.9. The molecule has 0 aromatic rings. The molecule has 0 spiro atoms. The average molecular weight is 297 g/mol. The van der Waals surface area contributed by atoms with Crippen molar-refractivity contribution in [3.63, 3.8) is 0 Å². The van der Waals surface area contributed by atoms with E-state index in [1.54, 1.807) is 0 Å². The highest BCUT2D eigenvalue weighted by atomic mass is 16.4. The van der Waals surface area contributed by atoms with Gasteiger partial charge in [-0.25, -0.2) is 4.79 Å². The number of aliphatic carboxylic acids is 1. The summed E-state index contributed by atoms with van der Waals surface area (Å²) in [6, 6.07) is -0.378. The quantitative estimate of drug-likeness (QED) is 0.693. The zero-order valence-electron chi connectivity index (χ0n) is 12.1. The summed E-state index contributed by atoms with van der Waals surface area (Å²) in [5.41, 5.74) is 0. The van der Waals surface area contributed by atoms with Gasteiger partial charge in [0.05, 0.1) is 13.0 Å². The third-order valence-electron chi connectivity index (χ3n) is 4.20. The number of amides is 3. The molecule has 0 bridgehead atoms. The molecule has 1 unspecified atom stereocenters. The summed E-state index contributed by atoms with van der Waals surface area (Å²) in [6.07, 6.45) is 5.88. The minimum absolute atomic E-state index is 0.0432. The molecule has 1 aliphatic heterocycles. The van der Waals surface area contributed by atoms with Crippen molar-refractivity contribution in [2.75, 3.05) is 13.1 Å². The lowest BCUT2D eigenvalue weighted by Gasteiger charge is -2.22. The minimum atomic E-state index is -0.855. The minimum Gasteiger partial charge on any atom is -0.481 e. The first-order valence-electron chi connectivity index (χ1n) is 7.61. The maximum absolute atomic E-state index is 11.9. The summed E-state index contributed by atoms with van der Waals surface area (Å²) in [7, 11) is 0. The topological polar surface area (TPSA) is 98.7 Å². The molecule has 118 valence electrons. The molecule has 1 heterocycles. The molecule has 2 rings (SSSR count). The molecule has 3 N–H and O–H groups in total. The second-order valence-electron chi connectivity index (χ2n) is 5.87. The van der Waals surface area contributed by atoms with Crippen LogP contribution in [-0.2, 0) is 9.59 Å². The van der Waals surface area contributed by atoms with Gasteiger partial charge >= 0.3 is 12.0 Å². The largest absolute Gasteiger partial charge is 0.481 e. The molecule has 2 fully saturated rings. The van der Waals surface area contributed by atoms with Gasteiger partial charge in [-0.1, -0.05) is 12.8 Å². The highest BCUT2D eigenvalue weighted by molar-refractivity contribution is 5.95. The lowest BCUT2D eigenvalue weighted by atomic mass is 10.1. The predicted octanol–water partition coefficient (Wildman–Crippen LogP) is 0.694. The number of likely N-dealkylation sites (tertiary alicyclic amines) is 1. The van der Waals surface area contributed by atoms with E-state index in [1.165, 1.54) is 0 Å². The summed E-state index contributed by atoms with van der Waals surface area (Å²) >= 11 is 0. The number of carbonyl (C=O) groups is 3. The lowest BCUT2D eigenvalue weighted by molar-refractivity contribution is -0.138. The molecule has 2 aliphatic rings. The fourth-order valence-electron chi connectivity index (χ4n) is 3.18. The van der Waals surface area contributed by atoms with Crippen molar-refractivity contribution < 1.29 is 19.5 Å². The second kappa shape index (κ2) is 7.40. The number of hydrogen-bond acceptors (Lipinski definition) is 4. The highest BCUT2D eigenvalue weighted by Gasteiger charge is 2.28. The number of nitrogens with one attached hydrogen (secondary N) is 2. The standard InChI is InChI=1S/C14H23N3O4/c18-12(16-14(21)15-10-4-1-2-5-10)9-17-7-3-6-11(17)8-13(19)20/h10-11H,1-9H2,(H,19,20)(H2,15,16,18,21). The van der Waals surface area contributed by atoms with Crippen LogP contribution in [-0.4, -0.2) is 53.1 Å². The molecule has 1 saturated heterocycles. The summed E-state index contributed by atoms with van der Waals surface area (Å²) in [5, 5.41) is 14.0. The van der Waals surface area contributed by atoms with Gasteiger partial charge in [-0.3, -0.25) is 19.8 Å². The number of carboxylic acids is 1. The predicted molar refractivity (Wildman–Crippen MR) is 75.8 cm³/mol. The molecule has 0 aromatic carbocycles. The summed E-state index contributed by atoms with van der Waals surface area (Å²) in [5.74, 6) is -1.23. The lowest BCUT2D eigenvalue weighted by Crippen LogP contribution is -2.47. The molecule has 3 amide bonds. The van der Waals surface area contributed by atoms with Crippen molar-refractivity contribution in [3.05, 3.63) is 0 Å². The Labute approximate surface area is 124 Å². The van der Waals surface area contributed by atoms with E-state index in [0.29, 0.717) is 6.54 Å². The first-order valence-corrected chi connectivity index (χ1v) is 7.61. The van der Waals surface area contributed by atoms with Crippen LogP contribution in [0.4, 0.5) is 4.79 Å². The second-order valence-corrected chi connectivity index (χ2v) is 5.87. The van der Waals surface area contributed by atoms with Gasteiger partial charge < -0.3 is 10.4 Å². The third-order valence-corrected chi connectivity index (χ3v) is 4.20. The Morgan fingerprint density at radius 2 is 1.81 bits per heavy atom. The van der Waals surface area contributed by atoms with Crippen LogP contribution >= 0.6 is 0 Å². The molecule has 1 atom stereocenters. The van der Waals surface area contributed by atoms with Crippen LogP contribution in [0.2, 0.25) is 0 Å². The Bertz CT molecular complexity index is 407. The number of rotatable bonds is 5. The van der Waals surface area contributed by atoms with Crippen LogP contribution in [0.1, 0.15) is 44.9 Å². The van der Waals surface area contributed by atoms with Gasteiger partial charge in [-0.15, -0.1) is 0 Å². The van der Waals surface area contributed by atoms with Gasteiger partial charge in [-0.2, -0.15) is 0 Å². The number of carbonyl (C=O) groups excluding carboxylic acids is 2. The molecule has 21 heavy (non-hydrogen) atoms. The Balaban J connectivity index is 1.72. The van der Waals surface area contributed by atoms with Crippen molar-refractivity contribution in [1.29, 1.82) is 0 Å². The average Bonchev–Trinajstić information content (AvgIpc) is 3.01. The molecule has 1 saturated carbocycles. The highest BCUT2D eigenvalue weighted by Crippen LogP contribution is 2.19. The van der Waals surface area contributed by atoms with Gasteiger partial charge in [0.1, 0.15) is 0 Å². The molecule has 7 nitrogen and oxygen atoms in total. The van der Waals surface area contributed by atoms with E-state index < -0.39 is 12.0 Å². The van der Waals surface area contributed by atoms with E-state index in [1.807, 2.05) is 4.90 Å². The van der Waals surface area contributed by atoms with Crippen LogP contribution in [0.3, 0.4) is 0 Å². The van der Waals surface area contributed by atoms with Crippen LogP contribution in [0.25, 0.3) is 0 Å². The molecular weight excluding hydrogens is 274 g/mol.